The monoisotopic (exact) mass is 361 g/mol. The number of allylic oxidation sites excluding steroid dienone is 1. The van der Waals surface area contributed by atoms with E-state index in [-0.39, 0.29) is 5.28 Å². The van der Waals surface area contributed by atoms with E-state index < -0.39 is 0 Å². The van der Waals surface area contributed by atoms with Gasteiger partial charge in [-0.2, -0.15) is 5.26 Å². The van der Waals surface area contributed by atoms with E-state index in [1.165, 1.54) is 6.20 Å². The highest BCUT2D eigenvalue weighted by Crippen LogP contribution is 2.38. The molecule has 7 heteroatoms. The first-order valence-electron chi connectivity index (χ1n) is 6.04. The second-order valence-electron chi connectivity index (χ2n) is 4.37. The molecule has 0 spiro atoms. The first-order valence-corrected chi connectivity index (χ1v) is 7.21. The summed E-state index contributed by atoms with van der Waals surface area (Å²) in [5, 5.41) is 12.9. The number of anilines is 2. The zero-order valence-electron chi connectivity index (χ0n) is 10.9. The van der Waals surface area contributed by atoms with Gasteiger partial charge >= 0.3 is 0 Å². The van der Waals surface area contributed by atoms with E-state index in [1.807, 2.05) is 36.2 Å². The van der Waals surface area contributed by atoms with E-state index in [1.54, 1.807) is 0 Å². The van der Waals surface area contributed by atoms with Crippen LogP contribution in [0.3, 0.4) is 0 Å². The van der Waals surface area contributed by atoms with E-state index in [2.05, 4.69) is 37.3 Å². The number of rotatable bonds is 1. The molecule has 0 aliphatic carbocycles. The molecule has 1 aromatic heterocycles. The highest BCUT2D eigenvalue weighted by molar-refractivity contribution is 9.10. The van der Waals surface area contributed by atoms with Gasteiger partial charge in [-0.25, -0.2) is 9.97 Å². The van der Waals surface area contributed by atoms with Gasteiger partial charge in [0.05, 0.1) is 15.8 Å². The Balaban J connectivity index is 2.17. The molecule has 0 amide bonds. The van der Waals surface area contributed by atoms with Crippen LogP contribution in [0, 0.1) is 11.3 Å². The number of halogens is 2. The van der Waals surface area contributed by atoms with Crippen LogP contribution in [0.15, 0.2) is 40.8 Å². The molecular weight excluding hydrogens is 354 g/mol. The molecular formula is C14H9BrClN5. The predicted octanol–water partition coefficient (Wildman–Crippen LogP) is 3.65. The van der Waals surface area contributed by atoms with Crippen molar-refractivity contribution in [1.29, 1.82) is 5.26 Å². The summed E-state index contributed by atoms with van der Waals surface area (Å²) in [7, 11) is 1.89. The van der Waals surface area contributed by atoms with Gasteiger partial charge in [-0.3, -0.25) is 0 Å². The van der Waals surface area contributed by atoms with Gasteiger partial charge in [0.1, 0.15) is 23.2 Å². The molecule has 1 N–H and O–H groups in total. The average molecular weight is 363 g/mol. The average Bonchev–Trinajstić information content (AvgIpc) is 2.81. The largest absolute Gasteiger partial charge is 0.339 e. The van der Waals surface area contributed by atoms with Gasteiger partial charge in [0, 0.05) is 13.2 Å². The Bertz CT molecular complexity index is 796. The molecule has 0 radical (unpaired) electrons. The van der Waals surface area contributed by atoms with Crippen molar-refractivity contribution in [3.05, 3.63) is 51.7 Å². The fourth-order valence-electron chi connectivity index (χ4n) is 2.17. The van der Waals surface area contributed by atoms with Crippen molar-refractivity contribution < 1.29 is 0 Å². The molecule has 21 heavy (non-hydrogen) atoms. The lowest BCUT2D eigenvalue weighted by molar-refractivity contribution is 1.11. The van der Waals surface area contributed by atoms with Crippen molar-refractivity contribution in [3.63, 3.8) is 0 Å². The first kappa shape index (κ1) is 13.9. The number of para-hydroxylation sites is 2. The van der Waals surface area contributed by atoms with Crippen LogP contribution in [-0.4, -0.2) is 17.0 Å². The van der Waals surface area contributed by atoms with Gasteiger partial charge in [-0.05, 0) is 39.7 Å². The minimum absolute atomic E-state index is 0.0970. The van der Waals surface area contributed by atoms with Crippen LogP contribution < -0.4 is 10.2 Å². The van der Waals surface area contributed by atoms with Crippen LogP contribution in [-0.2, 0) is 0 Å². The number of nitrogens with zero attached hydrogens (tertiary/aromatic N) is 4. The lowest BCUT2D eigenvalue weighted by Gasteiger charge is -2.15. The van der Waals surface area contributed by atoms with Crippen molar-refractivity contribution in [2.75, 3.05) is 17.3 Å². The van der Waals surface area contributed by atoms with Gasteiger partial charge < -0.3 is 10.2 Å². The van der Waals surface area contributed by atoms with Crippen LogP contribution in [0.1, 0.15) is 5.69 Å². The van der Waals surface area contributed by atoms with E-state index >= 15 is 0 Å². The summed E-state index contributed by atoms with van der Waals surface area (Å²) in [5.41, 5.74) is 2.79. The Morgan fingerprint density at radius 3 is 2.90 bits per heavy atom. The molecule has 0 unspecified atom stereocenters. The molecule has 2 aromatic rings. The quantitative estimate of drug-likeness (QED) is 0.620. The molecule has 1 aliphatic rings. The summed E-state index contributed by atoms with van der Waals surface area (Å²) < 4.78 is 0.613. The number of nitriles is 1. The van der Waals surface area contributed by atoms with Gasteiger partial charge in [0.15, 0.2) is 0 Å². The minimum Gasteiger partial charge on any atom is -0.339 e. The van der Waals surface area contributed by atoms with Crippen LogP contribution >= 0.6 is 27.5 Å². The Hall–Kier alpha value is -2.10. The summed E-state index contributed by atoms with van der Waals surface area (Å²) in [6.07, 6.45) is 1.53. The topological polar surface area (TPSA) is 64.8 Å². The van der Waals surface area contributed by atoms with Crippen molar-refractivity contribution in [2.24, 2.45) is 0 Å². The maximum Gasteiger partial charge on any atom is 0.222 e. The Morgan fingerprint density at radius 2 is 2.19 bits per heavy atom. The second kappa shape index (κ2) is 5.35. The summed E-state index contributed by atoms with van der Waals surface area (Å²) in [5.74, 6) is 0.661. The van der Waals surface area contributed by atoms with Crippen molar-refractivity contribution in [2.45, 2.75) is 0 Å². The van der Waals surface area contributed by atoms with E-state index in [9.17, 15) is 5.26 Å². The maximum absolute atomic E-state index is 9.55. The van der Waals surface area contributed by atoms with E-state index in [4.69, 9.17) is 11.6 Å². The second-order valence-corrected chi connectivity index (χ2v) is 5.56. The molecule has 0 atom stereocenters. The molecule has 104 valence electrons. The van der Waals surface area contributed by atoms with Gasteiger partial charge in [0.2, 0.25) is 5.28 Å². The minimum atomic E-state index is 0.0970. The summed E-state index contributed by atoms with van der Waals surface area (Å²) in [6, 6.07) is 10.0. The van der Waals surface area contributed by atoms with Crippen LogP contribution in [0.2, 0.25) is 5.28 Å². The molecule has 0 fully saturated rings. The molecule has 1 aliphatic heterocycles. The van der Waals surface area contributed by atoms with Crippen molar-refractivity contribution >= 4 is 44.5 Å². The highest BCUT2D eigenvalue weighted by Gasteiger charge is 2.25. The molecule has 1 aromatic carbocycles. The Labute approximate surface area is 135 Å². The number of hydrogen-bond donors (Lipinski definition) is 1. The third-order valence-corrected chi connectivity index (χ3v) is 3.92. The number of hydrogen-bond acceptors (Lipinski definition) is 5. The molecule has 5 nitrogen and oxygen atoms in total. The number of aromatic nitrogens is 2. The van der Waals surface area contributed by atoms with Gasteiger partial charge in [-0.15, -0.1) is 0 Å². The summed E-state index contributed by atoms with van der Waals surface area (Å²) in [4.78, 5) is 9.94. The lowest BCUT2D eigenvalue weighted by Crippen LogP contribution is -2.17. The Kier molecular flexibility index (Phi) is 3.53. The molecule has 0 saturated heterocycles. The SMILES string of the molecule is CN1/C(=C(\C#N)c2nc(Cl)ncc2Br)Nc2ccccc21. The van der Waals surface area contributed by atoms with Gasteiger partial charge in [-0.1, -0.05) is 12.1 Å². The standard InChI is InChI=1S/C14H9BrClN5/c1-21-11-5-3-2-4-10(11)19-13(21)8(6-17)12-9(15)7-18-14(16)20-12/h2-5,7,19H,1H3/b13-8+. The summed E-state index contributed by atoms with van der Waals surface area (Å²) in [6.45, 7) is 0. The van der Waals surface area contributed by atoms with E-state index in [0.717, 1.165) is 11.4 Å². The normalized spacial score (nSPS) is 15.2. The number of benzene rings is 1. The smallest absolute Gasteiger partial charge is 0.222 e. The third kappa shape index (κ3) is 2.35. The maximum atomic E-state index is 9.55. The summed E-state index contributed by atoms with van der Waals surface area (Å²) >= 11 is 9.20. The zero-order chi connectivity index (χ0) is 15.0. The van der Waals surface area contributed by atoms with E-state index in [0.29, 0.717) is 21.6 Å². The number of fused-ring (bicyclic) bond motifs is 1. The molecule has 3 rings (SSSR count). The lowest BCUT2D eigenvalue weighted by atomic mass is 10.2. The predicted molar refractivity (Wildman–Crippen MR) is 85.7 cm³/mol. The highest BCUT2D eigenvalue weighted by atomic mass is 79.9. The zero-order valence-corrected chi connectivity index (χ0v) is 13.3. The van der Waals surface area contributed by atoms with Crippen molar-refractivity contribution in [3.8, 4) is 6.07 Å². The fourth-order valence-corrected chi connectivity index (χ4v) is 2.70. The first-order chi connectivity index (χ1) is 10.1. The van der Waals surface area contributed by atoms with Crippen LogP contribution in [0.25, 0.3) is 5.57 Å². The fraction of sp³-hybridized carbons (Fsp3) is 0.0714. The van der Waals surface area contributed by atoms with Crippen LogP contribution in [0.5, 0.6) is 0 Å². The molecule has 2 heterocycles. The third-order valence-electron chi connectivity index (χ3n) is 3.15. The number of nitrogens with one attached hydrogen (secondary N) is 1. The van der Waals surface area contributed by atoms with Crippen molar-refractivity contribution in [1.82, 2.24) is 9.97 Å². The van der Waals surface area contributed by atoms with Crippen LogP contribution in [0.4, 0.5) is 11.4 Å². The molecule has 0 saturated carbocycles. The van der Waals surface area contributed by atoms with Gasteiger partial charge in [0.25, 0.3) is 0 Å². The Morgan fingerprint density at radius 1 is 1.43 bits per heavy atom. The molecule has 0 bridgehead atoms.